The van der Waals surface area contributed by atoms with Crippen LogP contribution in [0.4, 0.5) is 0 Å². The van der Waals surface area contributed by atoms with E-state index in [-0.39, 0.29) is 5.54 Å². The molecular formula is C14H19Cl2N. The van der Waals surface area contributed by atoms with Crippen molar-refractivity contribution in [3.8, 4) is 0 Å². The molecule has 1 aromatic carbocycles. The molecule has 0 saturated heterocycles. The van der Waals surface area contributed by atoms with Gasteiger partial charge in [-0.2, -0.15) is 0 Å². The predicted molar refractivity (Wildman–Crippen MR) is 74.7 cm³/mol. The molecule has 1 fully saturated rings. The SMILES string of the molecule is CC1CCCCC1(N)Cc1c(Cl)cccc1Cl. The van der Waals surface area contributed by atoms with E-state index in [4.69, 9.17) is 28.9 Å². The lowest BCUT2D eigenvalue weighted by Gasteiger charge is -2.40. The number of rotatable bonds is 2. The number of benzene rings is 1. The first kappa shape index (κ1) is 13.2. The molecule has 1 nitrogen and oxygen atoms in total. The van der Waals surface area contributed by atoms with Crippen molar-refractivity contribution in [2.45, 2.75) is 44.6 Å². The largest absolute Gasteiger partial charge is 0.325 e. The highest BCUT2D eigenvalue weighted by molar-refractivity contribution is 6.36. The van der Waals surface area contributed by atoms with Crippen LogP contribution in [0.5, 0.6) is 0 Å². The molecule has 94 valence electrons. The van der Waals surface area contributed by atoms with Crippen molar-refractivity contribution < 1.29 is 0 Å². The van der Waals surface area contributed by atoms with E-state index in [1.807, 2.05) is 18.2 Å². The van der Waals surface area contributed by atoms with E-state index in [1.165, 1.54) is 19.3 Å². The zero-order valence-electron chi connectivity index (χ0n) is 10.2. The maximum absolute atomic E-state index is 6.56. The molecule has 3 heteroatoms. The first-order valence-electron chi connectivity index (χ1n) is 6.25. The summed E-state index contributed by atoms with van der Waals surface area (Å²) >= 11 is 12.4. The summed E-state index contributed by atoms with van der Waals surface area (Å²) in [4.78, 5) is 0. The molecule has 0 amide bonds. The lowest BCUT2D eigenvalue weighted by Crippen LogP contribution is -2.50. The standard InChI is InChI=1S/C14H19Cl2N/c1-10-5-2-3-8-14(10,17)9-11-12(15)6-4-7-13(11)16/h4,6-7,10H,2-3,5,8-9,17H2,1H3. The Kier molecular flexibility index (Phi) is 4.02. The molecule has 2 unspecified atom stereocenters. The van der Waals surface area contributed by atoms with Crippen LogP contribution in [0.15, 0.2) is 18.2 Å². The Balaban J connectivity index is 2.25. The topological polar surface area (TPSA) is 26.0 Å². The van der Waals surface area contributed by atoms with E-state index >= 15 is 0 Å². The van der Waals surface area contributed by atoms with Gasteiger partial charge in [-0.05, 0) is 42.9 Å². The number of nitrogens with two attached hydrogens (primary N) is 1. The molecule has 0 spiro atoms. The van der Waals surface area contributed by atoms with Crippen molar-refractivity contribution in [3.63, 3.8) is 0 Å². The molecule has 17 heavy (non-hydrogen) atoms. The summed E-state index contributed by atoms with van der Waals surface area (Å²) in [5.41, 5.74) is 7.42. The summed E-state index contributed by atoms with van der Waals surface area (Å²) in [7, 11) is 0. The minimum Gasteiger partial charge on any atom is -0.325 e. The highest BCUT2D eigenvalue weighted by atomic mass is 35.5. The van der Waals surface area contributed by atoms with Crippen molar-refractivity contribution in [3.05, 3.63) is 33.8 Å². The van der Waals surface area contributed by atoms with Gasteiger partial charge in [-0.15, -0.1) is 0 Å². The molecule has 0 bridgehead atoms. The fourth-order valence-electron chi connectivity index (χ4n) is 2.73. The van der Waals surface area contributed by atoms with E-state index in [9.17, 15) is 0 Å². The lowest BCUT2D eigenvalue weighted by atomic mass is 9.71. The van der Waals surface area contributed by atoms with Gasteiger partial charge in [0.15, 0.2) is 0 Å². The Morgan fingerprint density at radius 1 is 1.29 bits per heavy atom. The molecule has 2 N–H and O–H groups in total. The van der Waals surface area contributed by atoms with E-state index in [2.05, 4.69) is 6.92 Å². The molecule has 0 aliphatic heterocycles. The summed E-state index contributed by atoms with van der Waals surface area (Å²) in [6.45, 7) is 2.24. The Morgan fingerprint density at radius 2 is 1.94 bits per heavy atom. The highest BCUT2D eigenvalue weighted by Crippen LogP contribution is 2.37. The maximum atomic E-state index is 6.56. The Labute approximate surface area is 113 Å². The van der Waals surface area contributed by atoms with Gasteiger partial charge >= 0.3 is 0 Å². The highest BCUT2D eigenvalue weighted by Gasteiger charge is 2.35. The van der Waals surface area contributed by atoms with Gasteiger partial charge in [0.25, 0.3) is 0 Å². The number of hydrogen-bond acceptors (Lipinski definition) is 1. The van der Waals surface area contributed by atoms with Gasteiger partial charge in [0, 0.05) is 15.6 Å². The number of hydrogen-bond donors (Lipinski definition) is 1. The zero-order chi connectivity index (χ0) is 12.5. The molecule has 1 aliphatic rings. The second-order valence-corrected chi connectivity index (χ2v) is 6.07. The third kappa shape index (κ3) is 2.78. The Morgan fingerprint density at radius 3 is 2.53 bits per heavy atom. The fourth-order valence-corrected chi connectivity index (χ4v) is 3.26. The second kappa shape index (κ2) is 5.17. The van der Waals surface area contributed by atoms with Crippen molar-refractivity contribution in [1.82, 2.24) is 0 Å². The van der Waals surface area contributed by atoms with Crippen molar-refractivity contribution in [2.75, 3.05) is 0 Å². The third-order valence-corrected chi connectivity index (χ3v) is 4.79. The molecule has 1 aliphatic carbocycles. The smallest absolute Gasteiger partial charge is 0.0453 e. The van der Waals surface area contributed by atoms with Crippen LogP contribution in [0.1, 0.15) is 38.2 Å². The average Bonchev–Trinajstić information content (AvgIpc) is 2.28. The van der Waals surface area contributed by atoms with Gasteiger partial charge in [0.05, 0.1) is 0 Å². The summed E-state index contributed by atoms with van der Waals surface area (Å²) in [5, 5.41) is 1.47. The molecular weight excluding hydrogens is 253 g/mol. The molecule has 0 heterocycles. The molecule has 0 aromatic heterocycles. The summed E-state index contributed by atoms with van der Waals surface area (Å²) in [5.74, 6) is 0.531. The lowest BCUT2D eigenvalue weighted by molar-refractivity contribution is 0.204. The first-order valence-corrected chi connectivity index (χ1v) is 7.00. The monoisotopic (exact) mass is 271 g/mol. The van der Waals surface area contributed by atoms with Gasteiger partial charge in [-0.3, -0.25) is 0 Å². The summed E-state index contributed by atoms with van der Waals surface area (Å²) in [6, 6.07) is 5.65. The second-order valence-electron chi connectivity index (χ2n) is 5.26. The van der Waals surface area contributed by atoms with Crippen molar-refractivity contribution in [1.29, 1.82) is 0 Å². The molecule has 1 saturated carbocycles. The summed E-state index contributed by atoms with van der Waals surface area (Å²) in [6.07, 6.45) is 5.56. The zero-order valence-corrected chi connectivity index (χ0v) is 11.7. The van der Waals surface area contributed by atoms with Crippen LogP contribution in [0.25, 0.3) is 0 Å². The Hall–Kier alpha value is -0.240. The van der Waals surface area contributed by atoms with E-state index in [1.54, 1.807) is 0 Å². The van der Waals surface area contributed by atoms with Gasteiger partial charge in [-0.1, -0.05) is 49.0 Å². The third-order valence-electron chi connectivity index (χ3n) is 4.08. The minimum absolute atomic E-state index is 0.146. The van der Waals surface area contributed by atoms with Gasteiger partial charge in [-0.25, -0.2) is 0 Å². The normalized spacial score (nSPS) is 29.3. The summed E-state index contributed by atoms with van der Waals surface area (Å²) < 4.78 is 0. The van der Waals surface area contributed by atoms with Crippen molar-refractivity contribution in [2.24, 2.45) is 11.7 Å². The molecule has 1 aromatic rings. The van der Waals surface area contributed by atoms with Crippen LogP contribution in [-0.2, 0) is 6.42 Å². The van der Waals surface area contributed by atoms with Crippen LogP contribution in [0, 0.1) is 5.92 Å². The molecule has 2 atom stereocenters. The van der Waals surface area contributed by atoms with Crippen LogP contribution in [0.3, 0.4) is 0 Å². The predicted octanol–water partition coefficient (Wildman–Crippen LogP) is 4.44. The maximum Gasteiger partial charge on any atom is 0.0453 e. The molecule has 0 radical (unpaired) electrons. The van der Waals surface area contributed by atoms with E-state index in [0.717, 1.165) is 28.5 Å². The Bertz CT molecular complexity index is 385. The number of halogens is 2. The van der Waals surface area contributed by atoms with E-state index in [0.29, 0.717) is 5.92 Å². The first-order chi connectivity index (χ1) is 8.03. The van der Waals surface area contributed by atoms with E-state index < -0.39 is 0 Å². The fraction of sp³-hybridized carbons (Fsp3) is 0.571. The van der Waals surface area contributed by atoms with Gasteiger partial charge in [0.2, 0.25) is 0 Å². The average molecular weight is 272 g/mol. The van der Waals surface area contributed by atoms with Crippen LogP contribution >= 0.6 is 23.2 Å². The quantitative estimate of drug-likeness (QED) is 0.846. The van der Waals surface area contributed by atoms with Crippen LogP contribution < -0.4 is 5.73 Å². The van der Waals surface area contributed by atoms with Gasteiger partial charge in [0.1, 0.15) is 0 Å². The van der Waals surface area contributed by atoms with Crippen LogP contribution in [-0.4, -0.2) is 5.54 Å². The van der Waals surface area contributed by atoms with Crippen LogP contribution in [0.2, 0.25) is 10.0 Å². The minimum atomic E-state index is -0.146. The molecule has 2 rings (SSSR count). The van der Waals surface area contributed by atoms with Crippen molar-refractivity contribution >= 4 is 23.2 Å². The van der Waals surface area contributed by atoms with Gasteiger partial charge < -0.3 is 5.73 Å².